The van der Waals surface area contributed by atoms with Crippen LogP contribution in [-0.2, 0) is 4.74 Å². The molecule has 0 heterocycles. The maximum Gasteiger partial charge on any atom is 0.337 e. The molecule has 2 aromatic carbocycles. The molecular formula is C14H12O2S2. The van der Waals surface area contributed by atoms with Crippen LogP contribution < -0.4 is 0 Å². The Bertz CT molecular complexity index is 553. The minimum absolute atomic E-state index is 0.335. The van der Waals surface area contributed by atoms with E-state index in [2.05, 4.69) is 12.6 Å². The van der Waals surface area contributed by atoms with Crippen molar-refractivity contribution in [1.29, 1.82) is 0 Å². The molecule has 0 radical (unpaired) electrons. The van der Waals surface area contributed by atoms with Gasteiger partial charge in [0.25, 0.3) is 0 Å². The van der Waals surface area contributed by atoms with Crippen molar-refractivity contribution in [2.24, 2.45) is 0 Å². The molecule has 0 spiro atoms. The van der Waals surface area contributed by atoms with E-state index in [0.29, 0.717) is 5.56 Å². The molecule has 0 aliphatic rings. The molecule has 0 aliphatic heterocycles. The average molecular weight is 276 g/mol. The van der Waals surface area contributed by atoms with Crippen molar-refractivity contribution in [3.05, 3.63) is 54.1 Å². The monoisotopic (exact) mass is 276 g/mol. The minimum Gasteiger partial charge on any atom is -0.465 e. The highest BCUT2D eigenvalue weighted by Gasteiger charge is 2.09. The number of carbonyl (C=O) groups is 1. The van der Waals surface area contributed by atoms with E-state index < -0.39 is 0 Å². The number of methoxy groups -OCH3 is 1. The van der Waals surface area contributed by atoms with Gasteiger partial charge in [0.2, 0.25) is 0 Å². The number of hydrogen-bond donors (Lipinski definition) is 1. The van der Waals surface area contributed by atoms with Crippen LogP contribution >= 0.6 is 24.4 Å². The molecule has 0 unspecified atom stereocenters. The molecular weight excluding hydrogens is 264 g/mol. The van der Waals surface area contributed by atoms with Crippen molar-refractivity contribution in [1.82, 2.24) is 0 Å². The molecule has 0 saturated heterocycles. The molecule has 0 N–H and O–H groups in total. The van der Waals surface area contributed by atoms with Gasteiger partial charge in [0.05, 0.1) is 12.7 Å². The Hall–Kier alpha value is -1.39. The van der Waals surface area contributed by atoms with Crippen LogP contribution in [0.1, 0.15) is 10.4 Å². The van der Waals surface area contributed by atoms with Crippen LogP contribution in [0.25, 0.3) is 0 Å². The molecule has 2 nitrogen and oxygen atoms in total. The summed E-state index contributed by atoms with van der Waals surface area (Å²) in [6.07, 6.45) is 0. The van der Waals surface area contributed by atoms with Crippen LogP contribution in [0.2, 0.25) is 0 Å². The van der Waals surface area contributed by atoms with Gasteiger partial charge in [-0.3, -0.25) is 0 Å². The lowest BCUT2D eigenvalue weighted by molar-refractivity contribution is 0.0600. The highest BCUT2D eigenvalue weighted by atomic mass is 32.2. The largest absolute Gasteiger partial charge is 0.465 e. The smallest absolute Gasteiger partial charge is 0.337 e. The molecule has 2 aromatic rings. The van der Waals surface area contributed by atoms with Gasteiger partial charge in [0.1, 0.15) is 0 Å². The van der Waals surface area contributed by atoms with Crippen LogP contribution in [0, 0.1) is 0 Å². The van der Waals surface area contributed by atoms with Gasteiger partial charge in [0.15, 0.2) is 0 Å². The zero-order chi connectivity index (χ0) is 13.0. The summed E-state index contributed by atoms with van der Waals surface area (Å²) in [4.78, 5) is 14.4. The lowest BCUT2D eigenvalue weighted by Gasteiger charge is -2.07. The maximum atomic E-state index is 11.5. The summed E-state index contributed by atoms with van der Waals surface area (Å²) >= 11 is 5.97. The third kappa shape index (κ3) is 3.09. The molecule has 0 aliphatic carbocycles. The first kappa shape index (κ1) is 13.1. The summed E-state index contributed by atoms with van der Waals surface area (Å²) in [5.74, 6) is -0.335. The van der Waals surface area contributed by atoms with E-state index in [9.17, 15) is 4.79 Å². The van der Waals surface area contributed by atoms with Gasteiger partial charge in [-0.15, -0.1) is 12.6 Å². The van der Waals surface area contributed by atoms with Gasteiger partial charge in [-0.2, -0.15) is 0 Å². The zero-order valence-electron chi connectivity index (χ0n) is 9.79. The first-order chi connectivity index (χ1) is 8.70. The molecule has 0 saturated carbocycles. The van der Waals surface area contributed by atoms with Crippen molar-refractivity contribution < 1.29 is 9.53 Å². The normalized spacial score (nSPS) is 10.1. The number of thiol groups is 1. The van der Waals surface area contributed by atoms with E-state index in [1.54, 1.807) is 30.0 Å². The summed E-state index contributed by atoms with van der Waals surface area (Å²) in [7, 11) is 1.38. The molecule has 2 rings (SSSR count). The second kappa shape index (κ2) is 5.98. The van der Waals surface area contributed by atoms with E-state index in [1.165, 1.54) is 7.11 Å². The zero-order valence-corrected chi connectivity index (χ0v) is 11.5. The Labute approximate surface area is 116 Å². The molecule has 0 aromatic heterocycles. The summed E-state index contributed by atoms with van der Waals surface area (Å²) in [5, 5.41) is 0. The predicted molar refractivity (Wildman–Crippen MR) is 75.6 cm³/mol. The van der Waals surface area contributed by atoms with Gasteiger partial charge in [0, 0.05) is 14.7 Å². The summed E-state index contributed by atoms with van der Waals surface area (Å²) in [6, 6.07) is 15.3. The Balaban J connectivity index is 2.30. The Kier molecular flexibility index (Phi) is 4.33. The Morgan fingerprint density at radius 3 is 2.56 bits per heavy atom. The first-order valence-corrected chi connectivity index (χ1v) is 6.61. The SMILES string of the molecule is COC(=O)c1ccc(S)c(Sc2ccccc2)c1. The third-order valence-electron chi connectivity index (χ3n) is 2.35. The lowest BCUT2D eigenvalue weighted by atomic mass is 10.2. The molecule has 18 heavy (non-hydrogen) atoms. The van der Waals surface area contributed by atoms with E-state index in [-0.39, 0.29) is 5.97 Å². The standard InChI is InChI=1S/C14H12O2S2/c1-16-14(15)10-7-8-12(17)13(9-10)18-11-5-3-2-4-6-11/h2-9,17H,1H3. The first-order valence-electron chi connectivity index (χ1n) is 5.35. The Morgan fingerprint density at radius 2 is 1.89 bits per heavy atom. The number of benzene rings is 2. The van der Waals surface area contributed by atoms with Crippen molar-refractivity contribution in [2.45, 2.75) is 14.7 Å². The molecule has 4 heteroatoms. The number of ether oxygens (including phenoxy) is 1. The summed E-state index contributed by atoms with van der Waals surface area (Å²) < 4.78 is 4.71. The van der Waals surface area contributed by atoms with E-state index in [4.69, 9.17) is 4.74 Å². The fourth-order valence-corrected chi connectivity index (χ4v) is 2.64. The summed E-state index contributed by atoms with van der Waals surface area (Å²) in [5.41, 5.74) is 0.536. The number of carbonyl (C=O) groups excluding carboxylic acids is 1. The van der Waals surface area contributed by atoms with Crippen LogP contribution in [0.4, 0.5) is 0 Å². The van der Waals surface area contributed by atoms with Crippen LogP contribution in [0.5, 0.6) is 0 Å². The van der Waals surface area contributed by atoms with Crippen LogP contribution in [-0.4, -0.2) is 13.1 Å². The topological polar surface area (TPSA) is 26.3 Å². The Morgan fingerprint density at radius 1 is 1.17 bits per heavy atom. The van der Waals surface area contributed by atoms with Gasteiger partial charge in [-0.1, -0.05) is 30.0 Å². The third-order valence-corrected chi connectivity index (χ3v) is 3.96. The van der Waals surface area contributed by atoms with E-state index >= 15 is 0 Å². The maximum absolute atomic E-state index is 11.5. The van der Waals surface area contributed by atoms with Gasteiger partial charge < -0.3 is 4.74 Å². The predicted octanol–water partition coefficient (Wildman–Crippen LogP) is 3.91. The van der Waals surface area contributed by atoms with Crippen molar-refractivity contribution in [3.63, 3.8) is 0 Å². The van der Waals surface area contributed by atoms with Crippen molar-refractivity contribution >= 4 is 30.4 Å². The second-order valence-corrected chi connectivity index (χ2v) is 5.19. The highest BCUT2D eigenvalue weighted by Crippen LogP contribution is 2.32. The molecule has 0 amide bonds. The van der Waals surface area contributed by atoms with Crippen molar-refractivity contribution in [3.8, 4) is 0 Å². The number of esters is 1. The van der Waals surface area contributed by atoms with E-state index in [1.807, 2.05) is 30.3 Å². The number of hydrogen-bond acceptors (Lipinski definition) is 4. The lowest BCUT2D eigenvalue weighted by Crippen LogP contribution is -2.00. The average Bonchev–Trinajstić information content (AvgIpc) is 2.41. The second-order valence-electron chi connectivity index (χ2n) is 3.59. The van der Waals surface area contributed by atoms with Gasteiger partial charge >= 0.3 is 5.97 Å². The van der Waals surface area contributed by atoms with Crippen LogP contribution in [0.3, 0.4) is 0 Å². The van der Waals surface area contributed by atoms with Crippen LogP contribution in [0.15, 0.2) is 63.2 Å². The van der Waals surface area contributed by atoms with Gasteiger partial charge in [-0.25, -0.2) is 4.79 Å². The number of rotatable bonds is 3. The molecule has 0 fully saturated rings. The highest BCUT2D eigenvalue weighted by molar-refractivity contribution is 7.99. The molecule has 92 valence electrons. The molecule has 0 bridgehead atoms. The molecule has 0 atom stereocenters. The quantitative estimate of drug-likeness (QED) is 0.680. The van der Waals surface area contributed by atoms with Crippen molar-refractivity contribution in [2.75, 3.05) is 7.11 Å². The van der Waals surface area contributed by atoms with E-state index in [0.717, 1.165) is 14.7 Å². The fraction of sp³-hybridized carbons (Fsp3) is 0.0714. The fourth-order valence-electron chi connectivity index (χ4n) is 1.46. The summed E-state index contributed by atoms with van der Waals surface area (Å²) in [6.45, 7) is 0. The minimum atomic E-state index is -0.335. The van der Waals surface area contributed by atoms with Gasteiger partial charge in [-0.05, 0) is 30.3 Å².